The molecule has 1 aromatic carbocycles. The number of ether oxygens (including phenoxy) is 1. The fraction of sp³-hybridized carbons (Fsp3) is 0.154. The van der Waals surface area contributed by atoms with E-state index in [9.17, 15) is 4.39 Å². The van der Waals surface area contributed by atoms with Crippen molar-refractivity contribution < 1.29 is 9.13 Å². The lowest BCUT2D eigenvalue weighted by Crippen LogP contribution is -2.02. The van der Waals surface area contributed by atoms with Gasteiger partial charge in [0.2, 0.25) is 5.88 Å². The van der Waals surface area contributed by atoms with E-state index in [1.54, 1.807) is 19.4 Å². The van der Waals surface area contributed by atoms with Crippen LogP contribution in [0.15, 0.2) is 42.6 Å². The van der Waals surface area contributed by atoms with Gasteiger partial charge >= 0.3 is 0 Å². The van der Waals surface area contributed by atoms with Crippen LogP contribution < -0.4 is 10.1 Å². The van der Waals surface area contributed by atoms with Crippen molar-refractivity contribution in [3.05, 3.63) is 54.0 Å². The smallest absolute Gasteiger partial charge is 0.237 e. The molecule has 0 saturated heterocycles. The molecule has 2 aromatic rings. The third kappa shape index (κ3) is 2.93. The van der Waals surface area contributed by atoms with E-state index in [4.69, 9.17) is 4.74 Å². The molecule has 0 spiro atoms. The molecule has 1 heterocycles. The Bertz CT molecular complexity index is 502. The maximum Gasteiger partial charge on any atom is 0.237 e. The van der Waals surface area contributed by atoms with Gasteiger partial charge in [0.1, 0.15) is 5.82 Å². The number of nitrogens with zero attached hydrogens (tertiary/aromatic N) is 1. The number of methoxy groups -OCH3 is 1. The number of rotatable bonds is 4. The number of aromatic nitrogens is 1. The summed E-state index contributed by atoms with van der Waals surface area (Å²) in [6.07, 6.45) is 1.66. The molecule has 0 aliphatic rings. The number of hydrogen-bond acceptors (Lipinski definition) is 3. The summed E-state index contributed by atoms with van der Waals surface area (Å²) < 4.78 is 18.1. The summed E-state index contributed by atoms with van der Waals surface area (Å²) >= 11 is 0. The van der Waals surface area contributed by atoms with E-state index in [2.05, 4.69) is 10.3 Å². The van der Waals surface area contributed by atoms with Crippen LogP contribution in [0.1, 0.15) is 5.56 Å². The van der Waals surface area contributed by atoms with E-state index in [0.717, 1.165) is 11.3 Å². The Hall–Kier alpha value is -2.10. The molecule has 0 bridgehead atoms. The monoisotopic (exact) mass is 232 g/mol. The molecule has 0 atom stereocenters. The Kier molecular flexibility index (Phi) is 3.55. The standard InChI is InChI=1S/C13H13FN2O/c1-17-13-12(6-3-7-15-13)16-9-10-4-2-5-11(14)8-10/h2-8,16H,9H2,1H3. The predicted octanol–water partition coefficient (Wildman–Crippen LogP) is 2.84. The second-order valence-corrected chi connectivity index (χ2v) is 3.54. The van der Waals surface area contributed by atoms with E-state index in [-0.39, 0.29) is 5.82 Å². The predicted molar refractivity (Wildman–Crippen MR) is 64.5 cm³/mol. The van der Waals surface area contributed by atoms with Gasteiger partial charge in [-0.15, -0.1) is 0 Å². The van der Waals surface area contributed by atoms with Crippen LogP contribution in [0.2, 0.25) is 0 Å². The summed E-state index contributed by atoms with van der Waals surface area (Å²) in [5.74, 6) is 0.298. The minimum absolute atomic E-state index is 0.234. The van der Waals surface area contributed by atoms with Gasteiger partial charge in [0.05, 0.1) is 12.8 Å². The molecule has 0 saturated carbocycles. The van der Waals surface area contributed by atoms with Gasteiger partial charge < -0.3 is 10.1 Å². The van der Waals surface area contributed by atoms with Gasteiger partial charge in [-0.3, -0.25) is 0 Å². The summed E-state index contributed by atoms with van der Waals surface area (Å²) in [6.45, 7) is 0.528. The zero-order valence-electron chi connectivity index (χ0n) is 9.48. The lowest BCUT2D eigenvalue weighted by atomic mass is 10.2. The first kappa shape index (κ1) is 11.4. The Balaban J connectivity index is 2.07. The van der Waals surface area contributed by atoms with E-state index < -0.39 is 0 Å². The van der Waals surface area contributed by atoms with Crippen LogP contribution in [-0.4, -0.2) is 12.1 Å². The summed E-state index contributed by atoms with van der Waals surface area (Å²) in [7, 11) is 1.57. The second kappa shape index (κ2) is 5.30. The van der Waals surface area contributed by atoms with Crippen molar-refractivity contribution >= 4 is 5.69 Å². The molecule has 0 aliphatic heterocycles. The third-order valence-corrected chi connectivity index (χ3v) is 2.34. The first-order valence-electron chi connectivity index (χ1n) is 5.27. The molecule has 0 amide bonds. The van der Waals surface area contributed by atoms with Crippen LogP contribution in [0.4, 0.5) is 10.1 Å². The van der Waals surface area contributed by atoms with Gasteiger partial charge in [-0.2, -0.15) is 0 Å². The molecule has 3 nitrogen and oxygen atoms in total. The molecular weight excluding hydrogens is 219 g/mol. The quantitative estimate of drug-likeness (QED) is 0.880. The number of nitrogens with one attached hydrogen (secondary N) is 1. The second-order valence-electron chi connectivity index (χ2n) is 3.54. The van der Waals surface area contributed by atoms with E-state index >= 15 is 0 Å². The highest BCUT2D eigenvalue weighted by molar-refractivity contribution is 5.52. The topological polar surface area (TPSA) is 34.1 Å². The van der Waals surface area contributed by atoms with Gasteiger partial charge in [0, 0.05) is 12.7 Å². The lowest BCUT2D eigenvalue weighted by Gasteiger charge is -2.09. The van der Waals surface area contributed by atoms with Gasteiger partial charge in [0.15, 0.2) is 0 Å². The highest BCUT2D eigenvalue weighted by Gasteiger charge is 2.02. The first-order valence-corrected chi connectivity index (χ1v) is 5.27. The fourth-order valence-electron chi connectivity index (χ4n) is 1.53. The first-order chi connectivity index (χ1) is 8.29. The number of halogens is 1. The van der Waals surface area contributed by atoms with Crippen LogP contribution in [0.5, 0.6) is 5.88 Å². The Morgan fingerprint density at radius 2 is 2.18 bits per heavy atom. The van der Waals surface area contributed by atoms with Gasteiger partial charge in [-0.05, 0) is 29.8 Å². The van der Waals surface area contributed by atoms with E-state index in [1.807, 2.05) is 18.2 Å². The normalized spacial score (nSPS) is 10.0. The fourth-order valence-corrected chi connectivity index (χ4v) is 1.53. The number of anilines is 1. The van der Waals surface area contributed by atoms with Crippen LogP contribution >= 0.6 is 0 Å². The summed E-state index contributed by atoms with van der Waals surface area (Å²) in [6, 6.07) is 10.2. The van der Waals surface area contributed by atoms with Gasteiger partial charge in [-0.25, -0.2) is 9.37 Å². The van der Waals surface area contributed by atoms with E-state index in [0.29, 0.717) is 12.4 Å². The Morgan fingerprint density at radius 3 is 2.94 bits per heavy atom. The van der Waals surface area contributed by atoms with E-state index in [1.165, 1.54) is 12.1 Å². The molecule has 0 aliphatic carbocycles. The van der Waals surface area contributed by atoms with Crippen LogP contribution in [0.3, 0.4) is 0 Å². The van der Waals surface area contributed by atoms with Crippen molar-refractivity contribution in [2.75, 3.05) is 12.4 Å². The van der Waals surface area contributed by atoms with Crippen LogP contribution in [0, 0.1) is 5.82 Å². The molecule has 88 valence electrons. The van der Waals surface area contributed by atoms with Crippen molar-refractivity contribution in [1.29, 1.82) is 0 Å². The molecule has 0 unspecified atom stereocenters. The molecule has 0 radical (unpaired) electrons. The molecule has 1 aromatic heterocycles. The molecule has 4 heteroatoms. The minimum Gasteiger partial charge on any atom is -0.480 e. The average molecular weight is 232 g/mol. The summed E-state index contributed by atoms with van der Waals surface area (Å²) in [5, 5.41) is 3.15. The average Bonchev–Trinajstić information content (AvgIpc) is 2.37. The number of benzene rings is 1. The van der Waals surface area contributed by atoms with Crippen LogP contribution in [0.25, 0.3) is 0 Å². The van der Waals surface area contributed by atoms with Gasteiger partial charge in [-0.1, -0.05) is 12.1 Å². The molecule has 0 fully saturated rings. The Labute approximate surface area is 99.3 Å². The zero-order valence-corrected chi connectivity index (χ0v) is 9.48. The number of hydrogen-bond donors (Lipinski definition) is 1. The van der Waals surface area contributed by atoms with Crippen molar-refractivity contribution in [3.63, 3.8) is 0 Å². The van der Waals surface area contributed by atoms with Crippen molar-refractivity contribution in [2.45, 2.75) is 6.54 Å². The molecular formula is C13H13FN2O. The highest BCUT2D eigenvalue weighted by atomic mass is 19.1. The van der Waals surface area contributed by atoms with Crippen molar-refractivity contribution in [1.82, 2.24) is 4.98 Å². The maximum atomic E-state index is 13.0. The van der Waals surface area contributed by atoms with Crippen molar-refractivity contribution in [2.24, 2.45) is 0 Å². The molecule has 1 N–H and O–H groups in total. The summed E-state index contributed by atoms with van der Waals surface area (Å²) in [5.41, 5.74) is 1.66. The zero-order chi connectivity index (χ0) is 12.1. The van der Waals surface area contributed by atoms with Gasteiger partial charge in [0.25, 0.3) is 0 Å². The third-order valence-electron chi connectivity index (χ3n) is 2.34. The Morgan fingerprint density at radius 1 is 1.29 bits per heavy atom. The van der Waals surface area contributed by atoms with Crippen molar-refractivity contribution in [3.8, 4) is 5.88 Å². The maximum absolute atomic E-state index is 13.0. The number of pyridine rings is 1. The summed E-state index contributed by atoms with van der Waals surface area (Å²) in [4.78, 5) is 4.07. The highest BCUT2D eigenvalue weighted by Crippen LogP contribution is 2.20. The van der Waals surface area contributed by atoms with Crippen LogP contribution in [-0.2, 0) is 6.54 Å². The minimum atomic E-state index is -0.234. The molecule has 17 heavy (non-hydrogen) atoms. The largest absolute Gasteiger partial charge is 0.480 e. The molecule has 2 rings (SSSR count). The SMILES string of the molecule is COc1ncccc1NCc1cccc(F)c1. The lowest BCUT2D eigenvalue weighted by molar-refractivity contribution is 0.399.